The van der Waals surface area contributed by atoms with Gasteiger partial charge in [-0.3, -0.25) is 4.68 Å². The topological polar surface area (TPSA) is 107 Å². The number of benzene rings is 1. The first-order chi connectivity index (χ1) is 14.0. The van der Waals surface area contributed by atoms with Crippen LogP contribution in [0, 0.1) is 5.82 Å². The second-order valence-electron chi connectivity index (χ2n) is 6.63. The number of aromatic nitrogens is 5. The van der Waals surface area contributed by atoms with Gasteiger partial charge in [0, 0.05) is 25.7 Å². The number of rotatable bonds is 5. The highest BCUT2D eigenvalue weighted by Crippen LogP contribution is 2.29. The molecule has 1 atom stereocenters. The number of halogens is 1. The number of amides is 1. The summed E-state index contributed by atoms with van der Waals surface area (Å²) in [4.78, 5) is 23.9. The predicted molar refractivity (Wildman–Crippen MR) is 104 cm³/mol. The van der Waals surface area contributed by atoms with E-state index in [1.165, 1.54) is 18.3 Å². The highest BCUT2D eigenvalue weighted by atomic mass is 19.1. The minimum Gasteiger partial charge on any atom is -0.406 e. The summed E-state index contributed by atoms with van der Waals surface area (Å²) in [7, 11) is 3.28. The van der Waals surface area contributed by atoms with Gasteiger partial charge in [0.25, 0.3) is 0 Å². The van der Waals surface area contributed by atoms with Crippen LogP contribution in [0.1, 0.15) is 6.92 Å². The SMILES string of the molecule is COC[C@H](C)NC(=O)Oc1c[nH]c2ncc(-c3nn(C)c4cc(F)ccc34)nc12. The Kier molecular flexibility index (Phi) is 4.85. The Bertz CT molecular complexity index is 1200. The second-order valence-corrected chi connectivity index (χ2v) is 6.63. The summed E-state index contributed by atoms with van der Waals surface area (Å²) in [6, 6.07) is 4.22. The van der Waals surface area contributed by atoms with Crippen LogP contribution in [-0.4, -0.2) is 50.6 Å². The van der Waals surface area contributed by atoms with Crippen molar-refractivity contribution >= 4 is 28.2 Å². The van der Waals surface area contributed by atoms with Crippen LogP contribution >= 0.6 is 0 Å². The summed E-state index contributed by atoms with van der Waals surface area (Å²) in [5.74, 6) is -0.105. The molecule has 0 spiro atoms. The molecule has 150 valence electrons. The molecule has 4 aromatic rings. The number of carbonyl (C=O) groups is 1. The molecule has 0 radical (unpaired) electrons. The normalized spacial score (nSPS) is 12.4. The van der Waals surface area contributed by atoms with Crippen LogP contribution in [0.15, 0.2) is 30.6 Å². The van der Waals surface area contributed by atoms with Crippen molar-refractivity contribution < 1.29 is 18.7 Å². The van der Waals surface area contributed by atoms with Gasteiger partial charge in [-0.15, -0.1) is 0 Å². The van der Waals surface area contributed by atoms with Gasteiger partial charge in [-0.05, 0) is 25.1 Å². The molecule has 2 N–H and O–H groups in total. The summed E-state index contributed by atoms with van der Waals surface area (Å²) in [6.45, 7) is 2.16. The fourth-order valence-electron chi connectivity index (χ4n) is 3.10. The van der Waals surface area contributed by atoms with Crippen molar-refractivity contribution in [2.24, 2.45) is 7.05 Å². The maximum Gasteiger partial charge on any atom is 0.413 e. The zero-order chi connectivity index (χ0) is 20.5. The van der Waals surface area contributed by atoms with Crippen molar-refractivity contribution in [3.63, 3.8) is 0 Å². The van der Waals surface area contributed by atoms with Crippen LogP contribution in [0.3, 0.4) is 0 Å². The molecule has 0 aliphatic rings. The Labute approximate surface area is 164 Å². The molecule has 1 aromatic carbocycles. The lowest BCUT2D eigenvalue weighted by Crippen LogP contribution is -2.37. The van der Waals surface area contributed by atoms with Crippen LogP contribution in [0.2, 0.25) is 0 Å². The number of fused-ring (bicyclic) bond motifs is 2. The summed E-state index contributed by atoms with van der Waals surface area (Å²) in [5, 5.41) is 7.85. The number of hydrogen-bond acceptors (Lipinski definition) is 6. The Balaban J connectivity index is 1.68. The molecule has 0 unspecified atom stereocenters. The zero-order valence-electron chi connectivity index (χ0n) is 16.1. The van der Waals surface area contributed by atoms with Gasteiger partial charge < -0.3 is 19.8 Å². The summed E-state index contributed by atoms with van der Waals surface area (Å²) >= 11 is 0. The van der Waals surface area contributed by atoms with E-state index < -0.39 is 6.09 Å². The summed E-state index contributed by atoms with van der Waals surface area (Å²) < 4.78 is 25.5. The van der Waals surface area contributed by atoms with Crippen molar-refractivity contribution in [2.45, 2.75) is 13.0 Å². The van der Waals surface area contributed by atoms with E-state index in [4.69, 9.17) is 9.47 Å². The number of aromatic amines is 1. The van der Waals surface area contributed by atoms with Crippen molar-refractivity contribution in [3.05, 3.63) is 36.4 Å². The van der Waals surface area contributed by atoms with Crippen molar-refractivity contribution in [1.82, 2.24) is 30.0 Å². The summed E-state index contributed by atoms with van der Waals surface area (Å²) in [5.41, 5.74) is 2.53. The lowest BCUT2D eigenvalue weighted by Gasteiger charge is -2.12. The quantitative estimate of drug-likeness (QED) is 0.535. The number of nitrogens with one attached hydrogen (secondary N) is 2. The molecule has 0 saturated carbocycles. The first-order valence-electron chi connectivity index (χ1n) is 8.90. The van der Waals surface area contributed by atoms with Crippen LogP contribution in [-0.2, 0) is 11.8 Å². The molecule has 0 bridgehead atoms. The number of methoxy groups -OCH3 is 1. The monoisotopic (exact) mass is 398 g/mol. The van der Waals surface area contributed by atoms with E-state index in [2.05, 4.69) is 25.4 Å². The molecule has 10 heteroatoms. The van der Waals surface area contributed by atoms with Gasteiger partial charge in [0.2, 0.25) is 0 Å². The van der Waals surface area contributed by atoms with E-state index in [9.17, 15) is 9.18 Å². The number of ether oxygens (including phenoxy) is 2. The zero-order valence-corrected chi connectivity index (χ0v) is 16.1. The Morgan fingerprint density at radius 1 is 1.41 bits per heavy atom. The number of H-pyrrole nitrogens is 1. The average Bonchev–Trinajstić information content (AvgIpc) is 3.22. The smallest absolute Gasteiger partial charge is 0.406 e. The van der Waals surface area contributed by atoms with E-state index in [0.717, 1.165) is 5.39 Å². The molecule has 0 aliphatic heterocycles. The molecule has 0 aliphatic carbocycles. The molecule has 9 nitrogen and oxygen atoms in total. The molecule has 1 amide bonds. The molecule has 29 heavy (non-hydrogen) atoms. The number of hydrogen-bond donors (Lipinski definition) is 2. The molecule has 4 rings (SSSR count). The van der Waals surface area contributed by atoms with Crippen molar-refractivity contribution in [3.8, 4) is 17.1 Å². The lowest BCUT2D eigenvalue weighted by atomic mass is 10.1. The maximum absolute atomic E-state index is 13.6. The molecule has 3 heterocycles. The molecule has 0 fully saturated rings. The maximum atomic E-state index is 13.6. The van der Waals surface area contributed by atoms with Crippen LogP contribution in [0.4, 0.5) is 9.18 Å². The van der Waals surface area contributed by atoms with Crippen LogP contribution in [0.25, 0.3) is 33.5 Å². The van der Waals surface area contributed by atoms with Gasteiger partial charge in [-0.2, -0.15) is 5.10 Å². The lowest BCUT2D eigenvalue weighted by molar-refractivity contribution is 0.159. The second kappa shape index (κ2) is 7.47. The summed E-state index contributed by atoms with van der Waals surface area (Å²) in [6.07, 6.45) is 2.46. The Hall–Kier alpha value is -3.53. The van der Waals surface area contributed by atoms with Crippen molar-refractivity contribution in [1.29, 1.82) is 0 Å². The molecule has 0 saturated heterocycles. The minimum atomic E-state index is -0.624. The standard InChI is InChI=1S/C19H19FN6O3/c1-10(9-28-3)23-19(27)29-15-8-22-18-17(15)24-13(7-21-18)16-12-5-4-11(20)6-14(12)26(2)25-16/h4-8,10H,9H2,1-3H3,(H,21,22)(H,23,27)/t10-/m0/s1. The molecular formula is C19H19FN6O3. The Morgan fingerprint density at radius 2 is 2.24 bits per heavy atom. The highest BCUT2D eigenvalue weighted by molar-refractivity contribution is 5.93. The predicted octanol–water partition coefficient (Wildman–Crippen LogP) is 2.77. The van der Waals surface area contributed by atoms with E-state index in [0.29, 0.717) is 34.7 Å². The Morgan fingerprint density at radius 3 is 3.03 bits per heavy atom. The largest absolute Gasteiger partial charge is 0.413 e. The third-order valence-electron chi connectivity index (χ3n) is 4.39. The van der Waals surface area contributed by atoms with Gasteiger partial charge in [-0.25, -0.2) is 19.2 Å². The van der Waals surface area contributed by atoms with E-state index in [1.54, 1.807) is 38.0 Å². The minimum absolute atomic E-state index is 0.209. The molecular weight excluding hydrogens is 379 g/mol. The van der Waals surface area contributed by atoms with E-state index in [-0.39, 0.29) is 17.6 Å². The first-order valence-corrected chi connectivity index (χ1v) is 8.90. The van der Waals surface area contributed by atoms with E-state index in [1.807, 2.05) is 0 Å². The fourth-order valence-corrected chi connectivity index (χ4v) is 3.10. The van der Waals surface area contributed by atoms with Crippen LogP contribution < -0.4 is 10.1 Å². The van der Waals surface area contributed by atoms with E-state index >= 15 is 0 Å². The number of aryl methyl sites for hydroxylation is 1. The van der Waals surface area contributed by atoms with Gasteiger partial charge in [0.1, 0.15) is 17.2 Å². The van der Waals surface area contributed by atoms with Crippen molar-refractivity contribution in [2.75, 3.05) is 13.7 Å². The van der Waals surface area contributed by atoms with Gasteiger partial charge in [0.05, 0.1) is 24.4 Å². The number of carbonyl (C=O) groups excluding carboxylic acids is 1. The van der Waals surface area contributed by atoms with Crippen LogP contribution in [0.5, 0.6) is 5.75 Å². The first kappa shape index (κ1) is 18.8. The number of nitrogens with zero attached hydrogens (tertiary/aromatic N) is 4. The van der Waals surface area contributed by atoms with Gasteiger partial charge in [0.15, 0.2) is 16.9 Å². The highest BCUT2D eigenvalue weighted by Gasteiger charge is 2.18. The molecule has 3 aromatic heterocycles. The third kappa shape index (κ3) is 3.61. The average molecular weight is 398 g/mol. The van der Waals surface area contributed by atoms with Gasteiger partial charge in [-0.1, -0.05) is 0 Å². The third-order valence-corrected chi connectivity index (χ3v) is 4.39. The van der Waals surface area contributed by atoms with Gasteiger partial charge >= 0.3 is 6.09 Å². The fraction of sp³-hybridized carbons (Fsp3) is 0.263.